The summed E-state index contributed by atoms with van der Waals surface area (Å²) in [5.41, 5.74) is 7.84. The third kappa shape index (κ3) is 3.84. The van der Waals surface area contributed by atoms with Crippen molar-refractivity contribution in [2.24, 2.45) is 0 Å². The Morgan fingerprint density at radius 1 is 0.967 bits per heavy atom. The van der Waals surface area contributed by atoms with Crippen molar-refractivity contribution in [2.75, 3.05) is 31.1 Å². The van der Waals surface area contributed by atoms with Crippen LogP contribution in [0.15, 0.2) is 48.7 Å². The van der Waals surface area contributed by atoms with E-state index in [9.17, 15) is 4.79 Å². The topological polar surface area (TPSA) is 41.4 Å². The monoisotopic (exact) mass is 402 g/mol. The van der Waals surface area contributed by atoms with Crippen LogP contribution in [-0.4, -0.2) is 46.5 Å². The number of aryl methyl sites for hydroxylation is 2. The number of amides is 1. The maximum absolute atomic E-state index is 13.3. The number of nitrogens with zero attached hydrogens (tertiary/aromatic N) is 4. The van der Waals surface area contributed by atoms with E-state index in [1.807, 2.05) is 42.3 Å². The van der Waals surface area contributed by atoms with Crippen molar-refractivity contribution in [2.45, 2.75) is 34.2 Å². The standard InChI is InChI=1S/C25H30N4O/c1-18-8-7-10-24(20(18)3)27-12-14-28(15-13-27)25(30)23-16-19(2)29(21(23)4)17-22-9-5-6-11-26-22/h5-11,16H,12-15,17H2,1-4H3. The van der Waals surface area contributed by atoms with Gasteiger partial charge in [-0.05, 0) is 63.1 Å². The Morgan fingerprint density at radius 2 is 1.73 bits per heavy atom. The third-order valence-electron chi connectivity index (χ3n) is 6.33. The van der Waals surface area contributed by atoms with Crippen molar-refractivity contribution in [3.05, 3.63) is 82.4 Å². The fourth-order valence-electron chi connectivity index (χ4n) is 4.31. The van der Waals surface area contributed by atoms with Crippen molar-refractivity contribution >= 4 is 11.6 Å². The van der Waals surface area contributed by atoms with E-state index in [1.54, 1.807) is 0 Å². The molecule has 0 unspecified atom stereocenters. The SMILES string of the molecule is Cc1cccc(N2CCN(C(=O)c3cc(C)n(Cc4ccccn4)c3C)CC2)c1C. The maximum Gasteiger partial charge on any atom is 0.255 e. The average molecular weight is 403 g/mol. The zero-order chi connectivity index (χ0) is 21.3. The van der Waals surface area contributed by atoms with Crippen LogP contribution in [0.5, 0.6) is 0 Å². The molecule has 5 heteroatoms. The molecule has 0 atom stereocenters. The molecular weight excluding hydrogens is 372 g/mol. The van der Waals surface area contributed by atoms with Crippen LogP contribution in [0.3, 0.4) is 0 Å². The Kier molecular flexibility index (Phi) is 5.62. The molecule has 1 aromatic carbocycles. The minimum absolute atomic E-state index is 0.135. The summed E-state index contributed by atoms with van der Waals surface area (Å²) < 4.78 is 2.18. The van der Waals surface area contributed by atoms with Gasteiger partial charge in [0.25, 0.3) is 5.91 Å². The van der Waals surface area contributed by atoms with Gasteiger partial charge in [0.1, 0.15) is 0 Å². The highest BCUT2D eigenvalue weighted by atomic mass is 16.2. The summed E-state index contributed by atoms with van der Waals surface area (Å²) in [5, 5.41) is 0. The lowest BCUT2D eigenvalue weighted by atomic mass is 10.1. The summed E-state index contributed by atoms with van der Waals surface area (Å²) in [5.74, 6) is 0.135. The van der Waals surface area contributed by atoms with E-state index in [-0.39, 0.29) is 5.91 Å². The number of pyridine rings is 1. The van der Waals surface area contributed by atoms with Crippen molar-refractivity contribution in [1.29, 1.82) is 0 Å². The molecule has 5 nitrogen and oxygen atoms in total. The molecule has 2 aromatic heterocycles. The number of aromatic nitrogens is 2. The lowest BCUT2D eigenvalue weighted by molar-refractivity contribution is 0.0746. The molecule has 0 spiro atoms. The van der Waals surface area contributed by atoms with E-state index in [0.717, 1.165) is 48.8 Å². The highest BCUT2D eigenvalue weighted by molar-refractivity contribution is 5.96. The van der Waals surface area contributed by atoms with E-state index in [0.29, 0.717) is 6.54 Å². The Bertz CT molecular complexity index is 1050. The van der Waals surface area contributed by atoms with Crippen LogP contribution in [-0.2, 0) is 6.54 Å². The van der Waals surface area contributed by atoms with Gasteiger partial charge in [-0.2, -0.15) is 0 Å². The van der Waals surface area contributed by atoms with Gasteiger partial charge >= 0.3 is 0 Å². The quantitative estimate of drug-likeness (QED) is 0.659. The summed E-state index contributed by atoms with van der Waals surface area (Å²) in [4.78, 5) is 22.1. The molecule has 1 amide bonds. The zero-order valence-corrected chi connectivity index (χ0v) is 18.4. The second kappa shape index (κ2) is 8.34. The van der Waals surface area contributed by atoms with Crippen LogP contribution in [0.25, 0.3) is 0 Å². The number of rotatable bonds is 4. The van der Waals surface area contributed by atoms with Crippen molar-refractivity contribution in [1.82, 2.24) is 14.5 Å². The summed E-state index contributed by atoms with van der Waals surface area (Å²) >= 11 is 0. The van der Waals surface area contributed by atoms with Crippen LogP contribution in [0.4, 0.5) is 5.69 Å². The molecule has 30 heavy (non-hydrogen) atoms. The van der Waals surface area contributed by atoms with E-state index >= 15 is 0 Å². The van der Waals surface area contributed by atoms with Crippen LogP contribution in [0.2, 0.25) is 0 Å². The first kappa shape index (κ1) is 20.2. The van der Waals surface area contributed by atoms with Gasteiger partial charge in [-0.3, -0.25) is 9.78 Å². The minimum atomic E-state index is 0.135. The Labute approximate surface area is 179 Å². The molecule has 0 aliphatic carbocycles. The molecular formula is C25H30N4O. The summed E-state index contributed by atoms with van der Waals surface area (Å²) in [7, 11) is 0. The minimum Gasteiger partial charge on any atom is -0.368 e. The predicted molar refractivity (Wildman–Crippen MR) is 121 cm³/mol. The number of anilines is 1. The van der Waals surface area contributed by atoms with Gasteiger partial charge in [0.05, 0.1) is 17.8 Å². The number of carbonyl (C=O) groups excluding carboxylic acids is 1. The molecule has 1 fully saturated rings. The highest BCUT2D eigenvalue weighted by Gasteiger charge is 2.26. The van der Waals surface area contributed by atoms with Gasteiger partial charge in [0.15, 0.2) is 0 Å². The van der Waals surface area contributed by atoms with Gasteiger partial charge in [-0.15, -0.1) is 0 Å². The smallest absolute Gasteiger partial charge is 0.255 e. The molecule has 0 N–H and O–H groups in total. The lowest BCUT2D eigenvalue weighted by Crippen LogP contribution is -2.49. The summed E-state index contributed by atoms with van der Waals surface area (Å²) in [6, 6.07) is 14.4. The molecule has 156 valence electrons. The van der Waals surface area contributed by atoms with E-state index in [1.165, 1.54) is 16.8 Å². The Hall–Kier alpha value is -3.08. The average Bonchev–Trinajstić information content (AvgIpc) is 3.04. The van der Waals surface area contributed by atoms with E-state index in [2.05, 4.69) is 53.4 Å². The van der Waals surface area contributed by atoms with Gasteiger partial charge in [-0.1, -0.05) is 18.2 Å². The molecule has 1 saturated heterocycles. The molecule has 1 aliphatic heterocycles. The second-order valence-corrected chi connectivity index (χ2v) is 8.19. The van der Waals surface area contributed by atoms with Crippen LogP contribution in [0, 0.1) is 27.7 Å². The van der Waals surface area contributed by atoms with E-state index < -0.39 is 0 Å². The van der Waals surface area contributed by atoms with Crippen LogP contribution < -0.4 is 4.90 Å². The normalized spacial score (nSPS) is 14.3. The van der Waals surface area contributed by atoms with Gasteiger partial charge in [-0.25, -0.2) is 0 Å². The van der Waals surface area contributed by atoms with Gasteiger partial charge in [0.2, 0.25) is 0 Å². The van der Waals surface area contributed by atoms with Crippen molar-refractivity contribution in [3.63, 3.8) is 0 Å². The molecule has 3 heterocycles. The number of hydrogen-bond donors (Lipinski definition) is 0. The fraction of sp³-hybridized carbons (Fsp3) is 0.360. The first-order valence-electron chi connectivity index (χ1n) is 10.6. The third-order valence-corrected chi connectivity index (χ3v) is 6.33. The van der Waals surface area contributed by atoms with Gasteiger partial charge < -0.3 is 14.4 Å². The van der Waals surface area contributed by atoms with Crippen LogP contribution in [0.1, 0.15) is 38.6 Å². The summed E-state index contributed by atoms with van der Waals surface area (Å²) in [6.45, 7) is 12.3. The maximum atomic E-state index is 13.3. The lowest BCUT2D eigenvalue weighted by Gasteiger charge is -2.37. The second-order valence-electron chi connectivity index (χ2n) is 8.19. The predicted octanol–water partition coefficient (Wildman–Crippen LogP) is 4.13. The largest absolute Gasteiger partial charge is 0.368 e. The van der Waals surface area contributed by atoms with Crippen molar-refractivity contribution < 1.29 is 4.79 Å². The molecule has 0 radical (unpaired) electrons. The first-order chi connectivity index (χ1) is 14.5. The van der Waals surface area contributed by atoms with Crippen molar-refractivity contribution in [3.8, 4) is 0 Å². The summed E-state index contributed by atoms with van der Waals surface area (Å²) in [6.07, 6.45) is 1.81. The molecule has 4 rings (SSSR count). The van der Waals surface area contributed by atoms with Gasteiger partial charge in [0, 0.05) is 49.5 Å². The zero-order valence-electron chi connectivity index (χ0n) is 18.4. The molecule has 0 bridgehead atoms. The number of piperazine rings is 1. The Balaban J connectivity index is 1.47. The first-order valence-corrected chi connectivity index (χ1v) is 10.6. The highest BCUT2D eigenvalue weighted by Crippen LogP contribution is 2.25. The Morgan fingerprint density at radius 3 is 2.43 bits per heavy atom. The fourth-order valence-corrected chi connectivity index (χ4v) is 4.31. The molecule has 1 aliphatic rings. The molecule has 3 aromatic rings. The molecule has 0 saturated carbocycles. The van der Waals surface area contributed by atoms with E-state index in [4.69, 9.17) is 0 Å². The number of benzene rings is 1. The van der Waals surface area contributed by atoms with Crippen LogP contribution >= 0.6 is 0 Å². The number of carbonyl (C=O) groups is 1. The number of hydrogen-bond acceptors (Lipinski definition) is 3.